The van der Waals surface area contributed by atoms with Gasteiger partial charge in [-0.05, 0) is 62.8 Å². The lowest BCUT2D eigenvalue weighted by Crippen LogP contribution is -2.37. The summed E-state index contributed by atoms with van der Waals surface area (Å²) in [4.78, 5) is 0. The number of hydrogen-bond donors (Lipinski definition) is 3. The van der Waals surface area contributed by atoms with Crippen LogP contribution in [0.3, 0.4) is 0 Å². The molecular formula is C19H21N3O2S. The lowest BCUT2D eigenvalue weighted by atomic mass is 9.92. The van der Waals surface area contributed by atoms with Gasteiger partial charge in [0.05, 0.1) is 5.71 Å². The van der Waals surface area contributed by atoms with E-state index in [0.29, 0.717) is 17.3 Å². The zero-order valence-corrected chi connectivity index (χ0v) is 15.3. The van der Waals surface area contributed by atoms with Crippen LogP contribution in [0.15, 0.2) is 47.6 Å². The van der Waals surface area contributed by atoms with E-state index in [1.165, 1.54) is 0 Å². The summed E-state index contributed by atoms with van der Waals surface area (Å²) in [6, 6.07) is 12.9. The van der Waals surface area contributed by atoms with Crippen molar-refractivity contribution in [3.05, 3.63) is 53.6 Å². The molecule has 25 heavy (non-hydrogen) atoms. The van der Waals surface area contributed by atoms with Crippen molar-refractivity contribution in [2.45, 2.75) is 32.8 Å². The number of thiocarbonyl (C=S) groups is 1. The summed E-state index contributed by atoms with van der Waals surface area (Å²) in [5.74, 6) is 0.878. The highest BCUT2D eigenvalue weighted by Crippen LogP contribution is 2.35. The second kappa shape index (κ2) is 6.72. The summed E-state index contributed by atoms with van der Waals surface area (Å²) < 4.78 is 5.95. The Bertz CT molecular complexity index is 846. The van der Waals surface area contributed by atoms with Crippen LogP contribution in [0, 0.1) is 6.92 Å². The maximum Gasteiger partial charge on any atom is 0.191 e. The topological polar surface area (TPSA) is 65.9 Å². The van der Waals surface area contributed by atoms with Crippen LogP contribution in [0.1, 0.15) is 31.4 Å². The normalized spacial score (nSPS) is 16.7. The Morgan fingerprint density at radius 2 is 2.00 bits per heavy atom. The molecule has 0 bridgehead atoms. The molecule has 0 aliphatic carbocycles. The van der Waals surface area contributed by atoms with Crippen molar-refractivity contribution < 1.29 is 9.84 Å². The van der Waals surface area contributed by atoms with Gasteiger partial charge in [0.25, 0.3) is 0 Å². The summed E-state index contributed by atoms with van der Waals surface area (Å²) >= 11 is 5.34. The summed E-state index contributed by atoms with van der Waals surface area (Å²) in [6.07, 6.45) is 0.601. The molecule has 0 aromatic heterocycles. The van der Waals surface area contributed by atoms with Gasteiger partial charge in [0.15, 0.2) is 5.11 Å². The van der Waals surface area contributed by atoms with Crippen LogP contribution in [0.4, 0.5) is 5.69 Å². The number of rotatable bonds is 2. The highest BCUT2D eigenvalue weighted by Gasteiger charge is 2.31. The van der Waals surface area contributed by atoms with Crippen LogP contribution < -0.4 is 15.5 Å². The largest absolute Gasteiger partial charge is 0.508 e. The molecule has 0 atom stereocenters. The molecule has 0 fully saturated rings. The Morgan fingerprint density at radius 1 is 1.24 bits per heavy atom. The van der Waals surface area contributed by atoms with Crippen LogP contribution in [0.5, 0.6) is 11.5 Å². The van der Waals surface area contributed by atoms with Gasteiger partial charge in [-0.2, -0.15) is 5.10 Å². The fourth-order valence-corrected chi connectivity index (χ4v) is 2.90. The number of aromatic hydroxyl groups is 1. The number of para-hydroxylation sites is 1. The van der Waals surface area contributed by atoms with E-state index < -0.39 is 0 Å². The number of hydrazone groups is 1. The Hall–Kier alpha value is -2.60. The molecule has 0 radical (unpaired) electrons. The van der Waals surface area contributed by atoms with Crippen molar-refractivity contribution in [1.29, 1.82) is 0 Å². The predicted molar refractivity (Wildman–Crippen MR) is 105 cm³/mol. The molecule has 0 amide bonds. The first-order chi connectivity index (χ1) is 11.8. The van der Waals surface area contributed by atoms with Gasteiger partial charge in [-0.3, -0.25) is 5.43 Å². The van der Waals surface area contributed by atoms with E-state index in [9.17, 15) is 5.11 Å². The number of nitrogens with one attached hydrogen (secondary N) is 2. The zero-order valence-electron chi connectivity index (χ0n) is 14.5. The summed E-state index contributed by atoms with van der Waals surface area (Å²) in [5.41, 5.74) is 6.11. The van der Waals surface area contributed by atoms with Crippen molar-refractivity contribution in [3.8, 4) is 11.5 Å². The third-order valence-corrected chi connectivity index (χ3v) is 4.13. The molecule has 3 rings (SSSR count). The number of aryl methyl sites for hydroxylation is 1. The molecule has 1 heterocycles. The molecule has 1 aliphatic rings. The van der Waals surface area contributed by atoms with Gasteiger partial charge in [-0.1, -0.05) is 18.2 Å². The van der Waals surface area contributed by atoms with Crippen molar-refractivity contribution in [2.24, 2.45) is 5.10 Å². The number of phenolic OH excluding ortho intramolecular Hbond substituents is 1. The van der Waals surface area contributed by atoms with E-state index in [1.807, 2.05) is 45.0 Å². The smallest absolute Gasteiger partial charge is 0.191 e. The summed E-state index contributed by atoms with van der Waals surface area (Å²) in [5, 5.41) is 17.8. The minimum Gasteiger partial charge on any atom is -0.508 e. The molecule has 2 aromatic rings. The maximum absolute atomic E-state index is 9.77. The maximum atomic E-state index is 9.77. The highest BCUT2D eigenvalue weighted by molar-refractivity contribution is 7.80. The average Bonchev–Trinajstić information content (AvgIpc) is 2.55. The van der Waals surface area contributed by atoms with Gasteiger partial charge in [-0.15, -0.1) is 0 Å². The number of nitrogens with zero attached hydrogens (tertiary/aromatic N) is 1. The lowest BCUT2D eigenvalue weighted by molar-refractivity contribution is 0.111. The minimum absolute atomic E-state index is 0.176. The second-order valence-corrected chi connectivity index (χ2v) is 7.07. The van der Waals surface area contributed by atoms with Crippen molar-refractivity contribution in [3.63, 3.8) is 0 Å². The first-order valence-electron chi connectivity index (χ1n) is 8.06. The van der Waals surface area contributed by atoms with Crippen LogP contribution >= 0.6 is 12.2 Å². The molecular weight excluding hydrogens is 334 g/mol. The van der Waals surface area contributed by atoms with Gasteiger partial charge in [0.1, 0.15) is 17.1 Å². The van der Waals surface area contributed by atoms with Crippen LogP contribution in [0.25, 0.3) is 0 Å². The molecule has 0 saturated carbocycles. The average molecular weight is 355 g/mol. The monoisotopic (exact) mass is 355 g/mol. The number of ether oxygens (including phenoxy) is 1. The minimum atomic E-state index is -0.379. The second-order valence-electron chi connectivity index (χ2n) is 6.66. The third-order valence-electron chi connectivity index (χ3n) is 3.94. The Labute approximate surface area is 152 Å². The van der Waals surface area contributed by atoms with Crippen LogP contribution in [0.2, 0.25) is 0 Å². The van der Waals surface area contributed by atoms with E-state index >= 15 is 0 Å². The lowest BCUT2D eigenvalue weighted by Gasteiger charge is -2.33. The van der Waals surface area contributed by atoms with Gasteiger partial charge < -0.3 is 15.2 Å². The highest BCUT2D eigenvalue weighted by atomic mass is 32.1. The number of phenols is 1. The molecule has 0 unspecified atom stereocenters. The quantitative estimate of drug-likeness (QED) is 0.562. The Kier molecular flexibility index (Phi) is 4.63. The number of hydrogen-bond acceptors (Lipinski definition) is 4. The zero-order chi connectivity index (χ0) is 18.0. The van der Waals surface area contributed by atoms with Crippen molar-refractivity contribution in [1.82, 2.24) is 5.43 Å². The number of fused-ring (bicyclic) bond motifs is 1. The van der Waals surface area contributed by atoms with Gasteiger partial charge >= 0.3 is 0 Å². The van der Waals surface area contributed by atoms with Gasteiger partial charge in [0, 0.05) is 17.7 Å². The fourth-order valence-electron chi connectivity index (χ4n) is 2.75. The molecule has 6 heteroatoms. The molecule has 0 saturated heterocycles. The molecule has 130 valence electrons. The van der Waals surface area contributed by atoms with Crippen molar-refractivity contribution in [2.75, 3.05) is 5.32 Å². The van der Waals surface area contributed by atoms with E-state index in [2.05, 4.69) is 15.8 Å². The molecule has 0 spiro atoms. The Morgan fingerprint density at radius 3 is 2.76 bits per heavy atom. The number of anilines is 1. The van der Waals surface area contributed by atoms with E-state index in [4.69, 9.17) is 17.0 Å². The molecule has 5 nitrogen and oxygen atoms in total. The molecule has 2 aromatic carbocycles. The SMILES string of the molecule is Cc1ccccc1NC(=S)NN=C1CC(C)(C)Oc2ccc(O)cc21. The van der Waals surface area contributed by atoms with E-state index in [-0.39, 0.29) is 11.4 Å². The van der Waals surface area contributed by atoms with Gasteiger partial charge in [0.2, 0.25) is 0 Å². The first-order valence-corrected chi connectivity index (χ1v) is 8.46. The predicted octanol–water partition coefficient (Wildman–Crippen LogP) is 3.95. The van der Waals surface area contributed by atoms with Crippen LogP contribution in [-0.2, 0) is 0 Å². The summed E-state index contributed by atoms with van der Waals surface area (Å²) in [7, 11) is 0. The number of benzene rings is 2. The standard InChI is InChI=1S/C19H21N3O2S/c1-12-6-4-5-7-15(12)20-18(25)22-21-16-11-19(2,3)24-17-9-8-13(23)10-14(16)17/h4-10,23H,11H2,1-3H3,(H2,20,22,25). The van der Waals surface area contributed by atoms with Gasteiger partial charge in [-0.25, -0.2) is 0 Å². The Balaban J connectivity index is 1.80. The van der Waals surface area contributed by atoms with Crippen molar-refractivity contribution >= 4 is 28.7 Å². The van der Waals surface area contributed by atoms with Crippen LogP contribution in [-0.4, -0.2) is 21.5 Å². The third kappa shape index (κ3) is 4.09. The fraction of sp³-hybridized carbons (Fsp3) is 0.263. The summed E-state index contributed by atoms with van der Waals surface area (Å²) in [6.45, 7) is 6.02. The molecule has 3 N–H and O–H groups in total. The van der Waals surface area contributed by atoms with E-state index in [0.717, 1.165) is 22.5 Å². The molecule has 1 aliphatic heterocycles. The van der Waals surface area contributed by atoms with E-state index in [1.54, 1.807) is 18.2 Å². The first kappa shape index (κ1) is 17.2.